The molecule has 55 heavy (non-hydrogen) atoms. The molecule has 2 saturated heterocycles. The van der Waals surface area contributed by atoms with E-state index in [0.29, 0.717) is 22.9 Å². The van der Waals surface area contributed by atoms with Crippen molar-refractivity contribution in [3.8, 4) is 23.4 Å². The van der Waals surface area contributed by atoms with Gasteiger partial charge >= 0.3 is 5.69 Å². The van der Waals surface area contributed by atoms with E-state index in [-0.39, 0.29) is 26.2 Å². The third-order valence-electron chi connectivity index (χ3n) is 9.72. The predicted octanol–water partition coefficient (Wildman–Crippen LogP) is 4.93. The van der Waals surface area contributed by atoms with Crippen LogP contribution in [-0.4, -0.2) is 94.9 Å². The van der Waals surface area contributed by atoms with Crippen molar-refractivity contribution < 1.29 is 32.8 Å². The minimum absolute atomic E-state index is 0.0229. The van der Waals surface area contributed by atoms with E-state index in [9.17, 15) is 4.79 Å². The zero-order valence-electron chi connectivity index (χ0n) is 31.1. The van der Waals surface area contributed by atoms with Gasteiger partial charge in [0.2, 0.25) is 0 Å². The van der Waals surface area contributed by atoms with E-state index >= 15 is 0 Å². The van der Waals surface area contributed by atoms with Crippen LogP contribution in [0.15, 0.2) is 103 Å². The van der Waals surface area contributed by atoms with E-state index in [0.717, 1.165) is 16.7 Å². The number of nitrogens with zero attached hydrogens (tertiary/aromatic N) is 7. The summed E-state index contributed by atoms with van der Waals surface area (Å²) in [5.41, 5.74) is 0.225. The number of ether oxygens (including phenoxy) is 4. The number of aryl methyl sites for hydroxylation is 1. The third kappa shape index (κ3) is 7.50. The molecule has 2 unspecified atom stereocenters. The first-order valence-electron chi connectivity index (χ1n) is 17.6. The predicted molar refractivity (Wildman–Crippen MR) is 201 cm³/mol. The molecule has 5 aromatic rings. The van der Waals surface area contributed by atoms with Crippen LogP contribution in [-0.2, 0) is 29.0 Å². The van der Waals surface area contributed by atoms with Crippen LogP contribution in [0.4, 0.5) is 0 Å². The first-order chi connectivity index (χ1) is 26.7. The van der Waals surface area contributed by atoms with Crippen molar-refractivity contribution >= 4 is 8.38 Å². The third-order valence-corrected chi connectivity index (χ3v) is 10.8. The number of nitriles is 1. The first kappa shape index (κ1) is 38.2. The maximum Gasteiger partial charge on any atom is 0.351 e. The Balaban J connectivity index is 1.35. The average Bonchev–Trinajstić information content (AvgIpc) is 3.80. The van der Waals surface area contributed by atoms with E-state index in [1.54, 1.807) is 32.5 Å². The summed E-state index contributed by atoms with van der Waals surface area (Å²) in [6.45, 7) is 4.03. The Labute approximate surface area is 319 Å². The molecule has 2 fully saturated rings. The highest BCUT2D eigenvalue weighted by atomic mass is 31.2. The van der Waals surface area contributed by atoms with Crippen LogP contribution in [0.3, 0.4) is 0 Å². The van der Waals surface area contributed by atoms with Gasteiger partial charge in [-0.2, -0.15) is 20.4 Å². The lowest BCUT2D eigenvalue weighted by Crippen LogP contribution is -2.60. The molecular weight excluding hydrogens is 725 g/mol. The summed E-state index contributed by atoms with van der Waals surface area (Å²) in [7, 11) is 3.54. The molecule has 2 bridgehead atoms. The molecule has 4 heterocycles. The molecule has 16 heteroatoms. The lowest BCUT2D eigenvalue weighted by Gasteiger charge is -2.45. The van der Waals surface area contributed by atoms with Gasteiger partial charge in [-0.15, -0.1) is 0 Å². The number of rotatable bonds is 15. The highest BCUT2D eigenvalue weighted by Crippen LogP contribution is 2.52. The summed E-state index contributed by atoms with van der Waals surface area (Å²) in [4.78, 5) is 28.6. The maximum atomic E-state index is 13.8. The maximum absolute atomic E-state index is 13.8. The average molecular weight is 768 g/mol. The molecule has 0 amide bonds. The molecule has 2 aromatic heterocycles. The van der Waals surface area contributed by atoms with Gasteiger partial charge in [0.1, 0.15) is 41.5 Å². The monoisotopic (exact) mass is 767 g/mol. The highest BCUT2D eigenvalue weighted by Gasteiger charge is 2.63. The summed E-state index contributed by atoms with van der Waals surface area (Å²) in [5, 5.41) is 15.0. The van der Waals surface area contributed by atoms with E-state index in [1.165, 1.54) is 21.9 Å². The van der Waals surface area contributed by atoms with Crippen LogP contribution in [0.1, 0.15) is 34.9 Å². The Hall–Kier alpha value is -5.04. The fourth-order valence-corrected chi connectivity index (χ4v) is 8.26. The van der Waals surface area contributed by atoms with Gasteiger partial charge in [0.15, 0.2) is 26.5 Å². The van der Waals surface area contributed by atoms with Crippen molar-refractivity contribution in [2.45, 2.75) is 43.0 Å². The number of hydrogen-bond acceptors (Lipinski definition) is 13. The fourth-order valence-electron chi connectivity index (χ4n) is 7.22. The van der Waals surface area contributed by atoms with Gasteiger partial charge in [-0.25, -0.2) is 14.5 Å². The van der Waals surface area contributed by atoms with Crippen molar-refractivity contribution in [1.82, 2.24) is 29.4 Å². The quantitative estimate of drug-likeness (QED) is 0.0804. The van der Waals surface area contributed by atoms with Crippen molar-refractivity contribution in [3.05, 3.63) is 130 Å². The minimum Gasteiger partial charge on any atom is -0.497 e. The Bertz CT molecular complexity index is 2100. The number of likely N-dealkylation sites (N-methyl/N-ethyl adjacent to an activating group) is 1. The summed E-state index contributed by atoms with van der Waals surface area (Å²) in [5.74, 6) is 1.73. The van der Waals surface area contributed by atoms with Crippen LogP contribution < -0.4 is 15.2 Å². The molecule has 15 nitrogen and oxygen atoms in total. The van der Waals surface area contributed by atoms with Gasteiger partial charge in [-0.3, -0.25) is 9.40 Å². The normalized spacial score (nSPS) is 21.6. The van der Waals surface area contributed by atoms with Gasteiger partial charge < -0.3 is 28.0 Å². The molecular formula is C39H42N7O8P. The molecule has 2 aliphatic heterocycles. The standard InChI is InChI=1S/C39H42N7O8P/c1-27-22-45(37(47)43-35(27)46-26-41-25-42-46)36-33-34(54-55(5)51-21-9-20-40)38(52-36,23-44(2)53-33)24-50-39(28-10-7-6-8-11-28,29-12-16-31(48-3)17-13-29)30-14-18-32(49-4)19-15-30/h6-8,10-19,22,25-26,33-34,36H,9,21,23-24H2,1-5H3/t33-,34?,36+,38+,55?/m0/s1. The minimum atomic E-state index is -1.52. The Morgan fingerprint density at radius 3 is 2.25 bits per heavy atom. The van der Waals surface area contributed by atoms with Crippen molar-refractivity contribution in [1.29, 1.82) is 5.26 Å². The summed E-state index contributed by atoms with van der Waals surface area (Å²) < 4.78 is 41.0. The van der Waals surface area contributed by atoms with Crippen LogP contribution in [0.2, 0.25) is 0 Å². The van der Waals surface area contributed by atoms with Gasteiger partial charge in [-0.05, 0) is 47.9 Å². The van der Waals surface area contributed by atoms with Crippen LogP contribution in [0.25, 0.3) is 5.82 Å². The van der Waals surface area contributed by atoms with Gasteiger partial charge in [0.25, 0.3) is 0 Å². The van der Waals surface area contributed by atoms with Crippen LogP contribution in [0, 0.1) is 18.3 Å². The molecule has 3 aromatic carbocycles. The highest BCUT2D eigenvalue weighted by molar-refractivity contribution is 7.46. The number of fused-ring (bicyclic) bond motifs is 2. The molecule has 286 valence electrons. The van der Waals surface area contributed by atoms with Gasteiger partial charge in [-0.1, -0.05) is 54.6 Å². The number of aromatic nitrogens is 5. The number of benzene rings is 3. The van der Waals surface area contributed by atoms with E-state index in [2.05, 4.69) is 21.1 Å². The molecule has 0 radical (unpaired) electrons. The largest absolute Gasteiger partial charge is 0.497 e. The van der Waals surface area contributed by atoms with Gasteiger partial charge in [0.05, 0.1) is 46.5 Å². The molecule has 0 saturated carbocycles. The zero-order chi connectivity index (χ0) is 38.6. The lowest BCUT2D eigenvalue weighted by molar-refractivity contribution is -0.257. The van der Waals surface area contributed by atoms with Crippen LogP contribution >= 0.6 is 8.38 Å². The molecule has 0 N–H and O–H groups in total. The van der Waals surface area contributed by atoms with Gasteiger partial charge in [0, 0.05) is 25.5 Å². The Morgan fingerprint density at radius 1 is 1.00 bits per heavy atom. The van der Waals surface area contributed by atoms with Crippen LogP contribution in [0.5, 0.6) is 11.5 Å². The summed E-state index contributed by atoms with van der Waals surface area (Å²) >= 11 is 0. The zero-order valence-corrected chi connectivity index (χ0v) is 32.0. The van der Waals surface area contributed by atoms with E-state index < -0.39 is 43.7 Å². The number of hydroxylamine groups is 2. The van der Waals surface area contributed by atoms with Crippen molar-refractivity contribution in [3.63, 3.8) is 0 Å². The molecule has 5 atom stereocenters. The molecule has 0 spiro atoms. The lowest BCUT2D eigenvalue weighted by atomic mass is 9.79. The second-order valence-electron chi connectivity index (χ2n) is 13.2. The fraction of sp³-hybridized carbons (Fsp3) is 0.359. The van der Waals surface area contributed by atoms with E-state index in [4.69, 9.17) is 38.1 Å². The first-order valence-corrected chi connectivity index (χ1v) is 19.2. The number of methoxy groups -OCH3 is 2. The number of hydrogen-bond donors (Lipinski definition) is 0. The Morgan fingerprint density at radius 2 is 1.65 bits per heavy atom. The van der Waals surface area contributed by atoms with Crippen molar-refractivity contribution in [2.75, 3.05) is 47.7 Å². The summed E-state index contributed by atoms with van der Waals surface area (Å²) in [6, 6.07) is 27.6. The second-order valence-corrected chi connectivity index (χ2v) is 14.6. The molecule has 0 aliphatic carbocycles. The Kier molecular flexibility index (Phi) is 11.4. The van der Waals surface area contributed by atoms with Crippen molar-refractivity contribution in [2.24, 2.45) is 0 Å². The second kappa shape index (κ2) is 16.4. The SMILES string of the molecule is COc1ccc(C(OC[C@]23CN(C)O[C@@H](C2OP(C)OCCC#N)[C@H](n2cc(C)c(-n4cncn4)nc2=O)O3)(c2ccccc2)c2ccc(OC)cc2)cc1. The molecule has 7 rings (SSSR count). The van der Waals surface area contributed by atoms with E-state index in [1.807, 2.05) is 92.5 Å². The summed E-state index contributed by atoms with van der Waals surface area (Å²) in [6.07, 6.45) is 2.16. The molecule has 2 aliphatic rings. The topological polar surface area (TPSA) is 157 Å². The smallest absolute Gasteiger partial charge is 0.351 e.